The first-order valence-corrected chi connectivity index (χ1v) is 8.53. The maximum atomic E-state index is 5.63. The molecule has 3 aromatic rings. The number of fused-ring (bicyclic) bond motifs is 1. The van der Waals surface area contributed by atoms with Gasteiger partial charge in [0.15, 0.2) is 0 Å². The molecule has 0 spiro atoms. The Kier molecular flexibility index (Phi) is 4.13. The molecule has 1 aliphatic rings. The Hall–Kier alpha value is -2.46. The lowest BCUT2D eigenvalue weighted by atomic mass is 10.1. The maximum absolute atomic E-state index is 5.63. The summed E-state index contributed by atoms with van der Waals surface area (Å²) in [6, 6.07) is 18.9. The van der Waals surface area contributed by atoms with Crippen LogP contribution in [0.1, 0.15) is 13.3 Å². The molecule has 122 valence electrons. The van der Waals surface area contributed by atoms with Crippen LogP contribution >= 0.6 is 0 Å². The van der Waals surface area contributed by atoms with E-state index in [2.05, 4.69) is 48.2 Å². The highest BCUT2D eigenvalue weighted by atomic mass is 16.5. The van der Waals surface area contributed by atoms with Gasteiger partial charge in [-0.3, -0.25) is 0 Å². The van der Waals surface area contributed by atoms with Gasteiger partial charge in [-0.2, -0.15) is 0 Å². The van der Waals surface area contributed by atoms with E-state index in [1.165, 1.54) is 0 Å². The van der Waals surface area contributed by atoms with Gasteiger partial charge in [-0.15, -0.1) is 0 Å². The Labute approximate surface area is 142 Å². The molecule has 1 aromatic heterocycles. The molecular weight excluding hydrogens is 298 g/mol. The summed E-state index contributed by atoms with van der Waals surface area (Å²) in [5, 5.41) is 1.09. The Balaban J connectivity index is 1.88. The standard InChI is InChI=1S/C20H21N3O/c1-2-16-14-24-13-12-23(16)20-21-18-11-7-6-10-17(18)19(22-20)15-8-4-3-5-9-15/h3-11,16H,2,12-14H2,1H3. The van der Waals surface area contributed by atoms with Crippen LogP contribution in [0.3, 0.4) is 0 Å². The van der Waals surface area contributed by atoms with E-state index in [1.54, 1.807) is 0 Å². The fourth-order valence-corrected chi connectivity index (χ4v) is 3.27. The van der Waals surface area contributed by atoms with Crippen molar-refractivity contribution in [2.75, 3.05) is 24.7 Å². The average molecular weight is 319 g/mol. The second-order valence-corrected chi connectivity index (χ2v) is 6.09. The normalized spacial score (nSPS) is 18.0. The van der Waals surface area contributed by atoms with E-state index < -0.39 is 0 Å². The van der Waals surface area contributed by atoms with Crippen LogP contribution in [0.25, 0.3) is 22.2 Å². The van der Waals surface area contributed by atoms with Crippen molar-refractivity contribution in [1.29, 1.82) is 0 Å². The summed E-state index contributed by atoms with van der Waals surface area (Å²) in [5.74, 6) is 0.808. The number of morpholine rings is 1. The molecule has 2 heterocycles. The SMILES string of the molecule is CCC1COCCN1c1nc(-c2ccccc2)c2ccccc2n1. The molecule has 1 aliphatic heterocycles. The summed E-state index contributed by atoms with van der Waals surface area (Å²) >= 11 is 0. The number of benzene rings is 2. The lowest BCUT2D eigenvalue weighted by Crippen LogP contribution is -2.46. The molecule has 1 saturated heterocycles. The number of rotatable bonds is 3. The van der Waals surface area contributed by atoms with Gasteiger partial charge in [0.2, 0.25) is 5.95 Å². The smallest absolute Gasteiger partial charge is 0.226 e. The van der Waals surface area contributed by atoms with Gasteiger partial charge in [0.1, 0.15) is 0 Å². The second kappa shape index (κ2) is 6.57. The topological polar surface area (TPSA) is 38.2 Å². The number of nitrogens with zero attached hydrogens (tertiary/aromatic N) is 3. The molecule has 0 saturated carbocycles. The lowest BCUT2D eigenvalue weighted by molar-refractivity contribution is 0.0921. The number of aromatic nitrogens is 2. The fraction of sp³-hybridized carbons (Fsp3) is 0.300. The van der Waals surface area contributed by atoms with E-state index in [0.29, 0.717) is 6.04 Å². The second-order valence-electron chi connectivity index (χ2n) is 6.09. The number of ether oxygens (including phenoxy) is 1. The van der Waals surface area contributed by atoms with Crippen molar-refractivity contribution in [3.8, 4) is 11.3 Å². The number of hydrogen-bond donors (Lipinski definition) is 0. The summed E-state index contributed by atoms with van der Waals surface area (Å²) in [6.45, 7) is 4.50. The Morgan fingerprint density at radius 1 is 1.04 bits per heavy atom. The zero-order chi connectivity index (χ0) is 16.4. The largest absolute Gasteiger partial charge is 0.377 e. The van der Waals surface area contributed by atoms with Gasteiger partial charge in [0.05, 0.1) is 30.5 Å². The third-order valence-electron chi connectivity index (χ3n) is 4.59. The molecule has 0 N–H and O–H groups in total. The molecule has 4 rings (SSSR count). The van der Waals surface area contributed by atoms with Gasteiger partial charge in [-0.05, 0) is 12.5 Å². The Morgan fingerprint density at radius 3 is 2.67 bits per heavy atom. The molecule has 1 unspecified atom stereocenters. The molecule has 24 heavy (non-hydrogen) atoms. The van der Waals surface area contributed by atoms with Crippen LogP contribution < -0.4 is 4.90 Å². The van der Waals surface area contributed by atoms with Crippen molar-refractivity contribution in [2.45, 2.75) is 19.4 Å². The molecule has 0 bridgehead atoms. The average Bonchev–Trinajstić information content (AvgIpc) is 2.67. The lowest BCUT2D eigenvalue weighted by Gasteiger charge is -2.35. The van der Waals surface area contributed by atoms with Crippen molar-refractivity contribution in [3.05, 3.63) is 54.6 Å². The van der Waals surface area contributed by atoms with Crippen molar-refractivity contribution in [1.82, 2.24) is 9.97 Å². The van der Waals surface area contributed by atoms with E-state index in [4.69, 9.17) is 14.7 Å². The van der Waals surface area contributed by atoms with Crippen LogP contribution in [0, 0.1) is 0 Å². The van der Waals surface area contributed by atoms with E-state index in [-0.39, 0.29) is 0 Å². The number of anilines is 1. The first-order valence-electron chi connectivity index (χ1n) is 8.53. The zero-order valence-corrected chi connectivity index (χ0v) is 13.9. The minimum absolute atomic E-state index is 0.337. The van der Waals surface area contributed by atoms with Gasteiger partial charge in [0, 0.05) is 17.5 Å². The van der Waals surface area contributed by atoms with Gasteiger partial charge in [0.25, 0.3) is 0 Å². The molecule has 1 atom stereocenters. The highest BCUT2D eigenvalue weighted by molar-refractivity contribution is 5.93. The Morgan fingerprint density at radius 2 is 1.83 bits per heavy atom. The summed E-state index contributed by atoms with van der Waals surface area (Å²) in [6.07, 6.45) is 1.02. The highest BCUT2D eigenvalue weighted by Gasteiger charge is 2.24. The minimum Gasteiger partial charge on any atom is -0.377 e. The van der Waals surface area contributed by atoms with Crippen LogP contribution in [-0.4, -0.2) is 35.8 Å². The van der Waals surface area contributed by atoms with Crippen LogP contribution in [0.4, 0.5) is 5.95 Å². The van der Waals surface area contributed by atoms with Crippen LogP contribution in [0.15, 0.2) is 54.6 Å². The number of para-hydroxylation sites is 1. The van der Waals surface area contributed by atoms with Crippen molar-refractivity contribution in [2.24, 2.45) is 0 Å². The van der Waals surface area contributed by atoms with Crippen molar-refractivity contribution >= 4 is 16.9 Å². The maximum Gasteiger partial charge on any atom is 0.226 e. The summed E-state index contributed by atoms with van der Waals surface area (Å²) in [4.78, 5) is 12.1. The van der Waals surface area contributed by atoms with E-state index in [1.807, 2.05) is 18.2 Å². The van der Waals surface area contributed by atoms with Crippen LogP contribution in [0.2, 0.25) is 0 Å². The van der Waals surface area contributed by atoms with Gasteiger partial charge < -0.3 is 9.64 Å². The number of hydrogen-bond acceptors (Lipinski definition) is 4. The van der Waals surface area contributed by atoms with Gasteiger partial charge >= 0.3 is 0 Å². The Bertz CT molecular complexity index is 835. The summed E-state index contributed by atoms with van der Waals surface area (Å²) < 4.78 is 5.63. The van der Waals surface area contributed by atoms with Crippen LogP contribution in [0.5, 0.6) is 0 Å². The van der Waals surface area contributed by atoms with Crippen LogP contribution in [-0.2, 0) is 4.74 Å². The quantitative estimate of drug-likeness (QED) is 0.733. The molecule has 4 heteroatoms. The first kappa shape index (κ1) is 15.1. The predicted octanol–water partition coefficient (Wildman–Crippen LogP) is 3.91. The monoisotopic (exact) mass is 319 g/mol. The molecule has 0 aliphatic carbocycles. The van der Waals surface area contributed by atoms with E-state index >= 15 is 0 Å². The molecule has 2 aromatic carbocycles. The van der Waals surface area contributed by atoms with E-state index in [0.717, 1.165) is 54.3 Å². The van der Waals surface area contributed by atoms with Crippen molar-refractivity contribution < 1.29 is 4.74 Å². The van der Waals surface area contributed by atoms with Crippen molar-refractivity contribution in [3.63, 3.8) is 0 Å². The zero-order valence-electron chi connectivity index (χ0n) is 13.9. The third-order valence-corrected chi connectivity index (χ3v) is 4.59. The molecule has 1 fully saturated rings. The molecule has 0 radical (unpaired) electrons. The summed E-state index contributed by atoms with van der Waals surface area (Å²) in [7, 11) is 0. The first-order chi connectivity index (χ1) is 11.9. The molecular formula is C20H21N3O. The predicted molar refractivity (Wildman–Crippen MR) is 97.2 cm³/mol. The highest BCUT2D eigenvalue weighted by Crippen LogP contribution is 2.29. The van der Waals surface area contributed by atoms with Gasteiger partial charge in [-0.1, -0.05) is 55.5 Å². The third kappa shape index (κ3) is 2.74. The van der Waals surface area contributed by atoms with Gasteiger partial charge in [-0.25, -0.2) is 9.97 Å². The molecule has 4 nitrogen and oxygen atoms in total. The fourth-order valence-electron chi connectivity index (χ4n) is 3.27. The summed E-state index contributed by atoms with van der Waals surface area (Å²) in [5.41, 5.74) is 3.11. The molecule has 0 amide bonds. The van der Waals surface area contributed by atoms with E-state index in [9.17, 15) is 0 Å². The minimum atomic E-state index is 0.337.